The lowest BCUT2D eigenvalue weighted by atomic mass is 10.2. The van der Waals surface area contributed by atoms with Crippen LogP contribution in [0.1, 0.15) is 11.3 Å². The summed E-state index contributed by atoms with van der Waals surface area (Å²) in [5.41, 5.74) is 9.53. The van der Waals surface area contributed by atoms with Gasteiger partial charge in [-0.15, -0.1) is 0 Å². The molecule has 0 unspecified atom stereocenters. The molecule has 0 atom stereocenters. The Morgan fingerprint density at radius 3 is 2.56 bits per heavy atom. The fourth-order valence-corrected chi connectivity index (χ4v) is 1.84. The van der Waals surface area contributed by atoms with Gasteiger partial charge in [0, 0.05) is 12.7 Å². The van der Waals surface area contributed by atoms with Crippen molar-refractivity contribution in [2.45, 2.75) is 6.92 Å². The molecule has 1 aromatic heterocycles. The summed E-state index contributed by atoms with van der Waals surface area (Å²) in [5, 5.41) is 0. The Hall–Kier alpha value is -1.94. The van der Waals surface area contributed by atoms with Gasteiger partial charge in [-0.3, -0.25) is 4.98 Å². The molecule has 1 aromatic carbocycles. The summed E-state index contributed by atoms with van der Waals surface area (Å²) in [5.74, 6) is 0. The molecule has 2 aromatic rings. The zero-order valence-electron chi connectivity index (χ0n) is 10.4. The van der Waals surface area contributed by atoms with E-state index in [1.54, 1.807) is 6.20 Å². The zero-order valence-corrected chi connectivity index (χ0v) is 11.2. The molecule has 18 heavy (non-hydrogen) atoms. The van der Waals surface area contributed by atoms with Crippen molar-refractivity contribution in [3.8, 4) is 0 Å². The number of thiocarbonyl (C=S) groups is 1. The molecule has 0 saturated heterocycles. The van der Waals surface area contributed by atoms with Gasteiger partial charge >= 0.3 is 0 Å². The van der Waals surface area contributed by atoms with Crippen LogP contribution in [0, 0.1) is 6.92 Å². The lowest BCUT2D eigenvalue weighted by molar-refractivity contribution is 1.16. The van der Waals surface area contributed by atoms with Gasteiger partial charge in [0.25, 0.3) is 0 Å². The predicted octanol–water partition coefficient (Wildman–Crippen LogP) is 2.79. The van der Waals surface area contributed by atoms with E-state index in [1.165, 1.54) is 5.56 Å². The van der Waals surface area contributed by atoms with Crippen molar-refractivity contribution in [1.82, 2.24) is 4.98 Å². The average molecular weight is 257 g/mol. The van der Waals surface area contributed by atoms with Gasteiger partial charge in [-0.1, -0.05) is 24.4 Å². The van der Waals surface area contributed by atoms with E-state index in [0.29, 0.717) is 10.7 Å². The summed E-state index contributed by atoms with van der Waals surface area (Å²) in [7, 11) is 2.01. The molecule has 0 aliphatic rings. The molecular formula is C14H15N3S. The second-order valence-corrected chi connectivity index (χ2v) is 4.60. The highest BCUT2D eigenvalue weighted by atomic mass is 32.1. The first-order valence-electron chi connectivity index (χ1n) is 5.64. The second kappa shape index (κ2) is 5.14. The molecule has 0 spiro atoms. The van der Waals surface area contributed by atoms with E-state index >= 15 is 0 Å². The third-order valence-electron chi connectivity index (χ3n) is 2.78. The maximum atomic E-state index is 5.53. The van der Waals surface area contributed by atoms with E-state index < -0.39 is 0 Å². The molecule has 0 aliphatic heterocycles. The molecule has 3 nitrogen and oxygen atoms in total. The molecular weight excluding hydrogens is 242 g/mol. The third kappa shape index (κ3) is 2.65. The largest absolute Gasteiger partial charge is 0.388 e. The highest BCUT2D eigenvalue weighted by Crippen LogP contribution is 2.23. The van der Waals surface area contributed by atoms with Crippen molar-refractivity contribution < 1.29 is 0 Å². The first-order chi connectivity index (χ1) is 8.58. The number of anilines is 2. The van der Waals surface area contributed by atoms with Crippen LogP contribution in [0.15, 0.2) is 42.6 Å². The number of rotatable bonds is 3. The van der Waals surface area contributed by atoms with Crippen molar-refractivity contribution in [3.63, 3.8) is 0 Å². The molecule has 2 N–H and O–H groups in total. The Bertz CT molecular complexity index is 564. The van der Waals surface area contributed by atoms with Crippen LogP contribution in [0.3, 0.4) is 0 Å². The van der Waals surface area contributed by atoms with Gasteiger partial charge in [0.15, 0.2) is 0 Å². The topological polar surface area (TPSA) is 42.1 Å². The minimum atomic E-state index is 0.319. The summed E-state index contributed by atoms with van der Waals surface area (Å²) in [6, 6.07) is 12.1. The van der Waals surface area contributed by atoms with E-state index in [0.717, 1.165) is 11.4 Å². The normalized spacial score (nSPS) is 10.1. The van der Waals surface area contributed by atoms with Crippen LogP contribution in [0.5, 0.6) is 0 Å². The number of hydrogen-bond donors (Lipinski definition) is 1. The molecule has 0 amide bonds. The lowest BCUT2D eigenvalue weighted by Gasteiger charge is -2.19. The van der Waals surface area contributed by atoms with Gasteiger partial charge in [0.1, 0.15) is 4.99 Å². The molecule has 0 saturated carbocycles. The van der Waals surface area contributed by atoms with Crippen LogP contribution in [0.25, 0.3) is 0 Å². The van der Waals surface area contributed by atoms with E-state index in [2.05, 4.69) is 35.0 Å². The highest BCUT2D eigenvalue weighted by Gasteiger charge is 2.05. The second-order valence-electron chi connectivity index (χ2n) is 4.16. The molecule has 0 aliphatic carbocycles. The lowest BCUT2D eigenvalue weighted by Crippen LogP contribution is -2.13. The molecule has 0 bridgehead atoms. The predicted molar refractivity (Wildman–Crippen MR) is 79.4 cm³/mol. The van der Waals surface area contributed by atoms with Gasteiger partial charge in [0.05, 0.1) is 17.6 Å². The fourth-order valence-electron chi connectivity index (χ4n) is 1.72. The summed E-state index contributed by atoms with van der Waals surface area (Å²) < 4.78 is 0. The van der Waals surface area contributed by atoms with E-state index in [9.17, 15) is 0 Å². The first kappa shape index (κ1) is 12.5. The Morgan fingerprint density at radius 1 is 1.22 bits per heavy atom. The van der Waals surface area contributed by atoms with Crippen molar-refractivity contribution in [1.29, 1.82) is 0 Å². The van der Waals surface area contributed by atoms with E-state index in [1.807, 2.05) is 25.2 Å². The quantitative estimate of drug-likeness (QED) is 0.859. The molecule has 0 radical (unpaired) electrons. The summed E-state index contributed by atoms with van der Waals surface area (Å²) in [6.07, 6.45) is 1.77. The number of aryl methyl sites for hydroxylation is 1. The average Bonchev–Trinajstić information content (AvgIpc) is 2.38. The number of nitrogens with zero attached hydrogens (tertiary/aromatic N) is 2. The monoisotopic (exact) mass is 257 g/mol. The van der Waals surface area contributed by atoms with Gasteiger partial charge in [-0.05, 0) is 36.8 Å². The van der Waals surface area contributed by atoms with Crippen LogP contribution in [0.2, 0.25) is 0 Å². The van der Waals surface area contributed by atoms with Crippen molar-refractivity contribution in [2.24, 2.45) is 5.73 Å². The minimum Gasteiger partial charge on any atom is -0.388 e. The number of aromatic nitrogens is 1. The van der Waals surface area contributed by atoms with Crippen LogP contribution in [0.4, 0.5) is 11.4 Å². The molecule has 92 valence electrons. The van der Waals surface area contributed by atoms with Crippen LogP contribution < -0.4 is 10.6 Å². The minimum absolute atomic E-state index is 0.319. The van der Waals surface area contributed by atoms with Crippen LogP contribution in [-0.4, -0.2) is 17.0 Å². The number of pyridine rings is 1. The number of hydrogen-bond acceptors (Lipinski definition) is 3. The maximum absolute atomic E-state index is 5.53. The van der Waals surface area contributed by atoms with Crippen LogP contribution >= 0.6 is 12.2 Å². The summed E-state index contributed by atoms with van der Waals surface area (Å²) >= 11 is 4.88. The summed E-state index contributed by atoms with van der Waals surface area (Å²) in [4.78, 5) is 6.63. The first-order valence-corrected chi connectivity index (χ1v) is 6.05. The molecule has 1 heterocycles. The van der Waals surface area contributed by atoms with Gasteiger partial charge < -0.3 is 10.6 Å². The van der Waals surface area contributed by atoms with E-state index in [-0.39, 0.29) is 0 Å². The van der Waals surface area contributed by atoms with Crippen molar-refractivity contribution >= 4 is 28.6 Å². The fraction of sp³-hybridized carbons (Fsp3) is 0.143. The van der Waals surface area contributed by atoms with Crippen LogP contribution in [-0.2, 0) is 0 Å². The Labute approximate surface area is 112 Å². The number of benzene rings is 1. The standard InChI is InChI=1S/C14H15N3S/c1-10-4-3-5-11(8-10)17(2)12-6-7-13(14(15)18)16-9-12/h3-9H,1-2H3,(H2,15,18). The summed E-state index contributed by atoms with van der Waals surface area (Å²) in [6.45, 7) is 2.07. The maximum Gasteiger partial charge on any atom is 0.122 e. The van der Waals surface area contributed by atoms with Crippen molar-refractivity contribution in [3.05, 3.63) is 53.9 Å². The van der Waals surface area contributed by atoms with Crippen molar-refractivity contribution in [2.75, 3.05) is 11.9 Å². The van der Waals surface area contributed by atoms with Gasteiger partial charge in [-0.25, -0.2) is 0 Å². The molecule has 0 fully saturated rings. The Morgan fingerprint density at radius 2 is 2.00 bits per heavy atom. The van der Waals surface area contributed by atoms with Gasteiger partial charge in [0.2, 0.25) is 0 Å². The molecule has 4 heteroatoms. The zero-order chi connectivity index (χ0) is 13.1. The Balaban J connectivity index is 2.28. The van der Waals surface area contributed by atoms with Gasteiger partial charge in [-0.2, -0.15) is 0 Å². The molecule has 2 rings (SSSR count). The number of nitrogens with two attached hydrogens (primary N) is 1. The third-order valence-corrected chi connectivity index (χ3v) is 2.99. The highest BCUT2D eigenvalue weighted by molar-refractivity contribution is 7.80. The Kier molecular flexibility index (Phi) is 3.58. The smallest absolute Gasteiger partial charge is 0.122 e. The van der Waals surface area contributed by atoms with E-state index in [4.69, 9.17) is 18.0 Å². The SMILES string of the molecule is Cc1cccc(N(C)c2ccc(C(N)=S)nc2)c1.